The van der Waals surface area contributed by atoms with E-state index in [0.29, 0.717) is 16.5 Å². The van der Waals surface area contributed by atoms with Gasteiger partial charge in [0.05, 0.1) is 10.6 Å². The van der Waals surface area contributed by atoms with Crippen molar-refractivity contribution in [1.82, 2.24) is 15.0 Å². The lowest BCUT2D eigenvalue weighted by Crippen LogP contribution is -2.47. The number of nitriles is 1. The Morgan fingerprint density at radius 2 is 1.73 bits per heavy atom. The number of halogens is 1. The number of nitrogens with zero attached hydrogens (tertiary/aromatic N) is 6. The number of aromatic nitrogens is 3. The van der Waals surface area contributed by atoms with Crippen molar-refractivity contribution in [1.29, 1.82) is 5.26 Å². The molecule has 0 aromatic carbocycles. The van der Waals surface area contributed by atoms with Crippen molar-refractivity contribution in [2.24, 2.45) is 0 Å². The Balaban J connectivity index is 1.51. The summed E-state index contributed by atoms with van der Waals surface area (Å²) < 4.78 is 0. The van der Waals surface area contributed by atoms with E-state index in [-0.39, 0.29) is 0 Å². The van der Waals surface area contributed by atoms with Crippen molar-refractivity contribution in [2.75, 3.05) is 36.0 Å². The van der Waals surface area contributed by atoms with Crippen LogP contribution in [0.4, 0.5) is 11.6 Å². The van der Waals surface area contributed by atoms with Crippen molar-refractivity contribution in [3.8, 4) is 6.07 Å². The molecule has 2 aromatic rings. The zero-order valence-corrected chi connectivity index (χ0v) is 15.8. The minimum Gasteiger partial charge on any atom is -0.353 e. The van der Waals surface area contributed by atoms with Crippen LogP contribution in [-0.2, 0) is 0 Å². The Bertz CT molecular complexity index is 878. The highest BCUT2D eigenvalue weighted by atomic mass is 35.5. The molecule has 0 N–H and O–H groups in total. The van der Waals surface area contributed by atoms with Gasteiger partial charge in [0, 0.05) is 49.6 Å². The highest BCUT2D eigenvalue weighted by Gasteiger charge is 2.29. The Morgan fingerprint density at radius 3 is 2.31 bits per heavy atom. The maximum atomic E-state index is 8.96. The van der Waals surface area contributed by atoms with Gasteiger partial charge in [0.2, 0.25) is 0 Å². The average molecular weight is 369 g/mol. The monoisotopic (exact) mass is 368 g/mol. The summed E-state index contributed by atoms with van der Waals surface area (Å²) in [6.45, 7) is 7.54. The molecule has 4 rings (SSSR count). The molecule has 6 nitrogen and oxygen atoms in total. The number of anilines is 2. The van der Waals surface area contributed by atoms with E-state index in [1.165, 1.54) is 12.8 Å². The second-order valence-corrected chi connectivity index (χ2v) is 7.41. The summed E-state index contributed by atoms with van der Waals surface area (Å²) in [4.78, 5) is 18.4. The zero-order chi connectivity index (χ0) is 18.3. The number of hydrogen-bond donors (Lipinski definition) is 0. The molecule has 1 saturated heterocycles. The molecular formula is C19H21ClN6. The molecule has 2 aliphatic rings. The van der Waals surface area contributed by atoms with Crippen LogP contribution in [-0.4, -0.2) is 41.1 Å². The fraction of sp³-hybridized carbons (Fsp3) is 0.474. The maximum absolute atomic E-state index is 8.96. The van der Waals surface area contributed by atoms with Crippen LogP contribution in [0.1, 0.15) is 41.4 Å². The molecular weight excluding hydrogens is 348 g/mol. The SMILES string of the molecule is Cc1nc(C2CC2)nc(N2CCN(c3ncc(C#N)cc3Cl)CC2)c1C. The van der Waals surface area contributed by atoms with Gasteiger partial charge in [-0.2, -0.15) is 5.26 Å². The lowest BCUT2D eigenvalue weighted by molar-refractivity contribution is 0.636. The van der Waals surface area contributed by atoms with Gasteiger partial charge >= 0.3 is 0 Å². The van der Waals surface area contributed by atoms with E-state index in [0.717, 1.165) is 54.9 Å². The third-order valence-electron chi connectivity index (χ3n) is 5.15. The summed E-state index contributed by atoms with van der Waals surface area (Å²) in [7, 11) is 0. The van der Waals surface area contributed by atoms with E-state index in [2.05, 4.69) is 39.7 Å². The Hall–Kier alpha value is -2.39. The van der Waals surface area contributed by atoms with E-state index in [9.17, 15) is 0 Å². The minimum atomic E-state index is 0.483. The third kappa shape index (κ3) is 3.19. The van der Waals surface area contributed by atoms with E-state index >= 15 is 0 Å². The fourth-order valence-corrected chi connectivity index (χ4v) is 3.61. The van der Waals surface area contributed by atoms with Crippen LogP contribution in [0.5, 0.6) is 0 Å². The highest BCUT2D eigenvalue weighted by molar-refractivity contribution is 6.33. The summed E-state index contributed by atoms with van der Waals surface area (Å²) in [6, 6.07) is 3.75. The van der Waals surface area contributed by atoms with Gasteiger partial charge in [0.1, 0.15) is 23.5 Å². The normalized spacial score (nSPS) is 17.3. The third-order valence-corrected chi connectivity index (χ3v) is 5.43. The summed E-state index contributed by atoms with van der Waals surface area (Å²) in [5.41, 5.74) is 2.73. The van der Waals surface area contributed by atoms with Crippen LogP contribution >= 0.6 is 11.6 Å². The lowest BCUT2D eigenvalue weighted by Gasteiger charge is -2.37. The Morgan fingerprint density at radius 1 is 1.08 bits per heavy atom. The first-order chi connectivity index (χ1) is 12.6. The van der Waals surface area contributed by atoms with Crippen molar-refractivity contribution < 1.29 is 0 Å². The molecule has 1 aliphatic heterocycles. The fourth-order valence-electron chi connectivity index (χ4n) is 3.32. The smallest absolute Gasteiger partial charge is 0.147 e. The molecule has 134 valence electrons. The van der Waals surface area contributed by atoms with Crippen LogP contribution in [0.25, 0.3) is 0 Å². The van der Waals surface area contributed by atoms with Gasteiger partial charge in [-0.3, -0.25) is 0 Å². The van der Waals surface area contributed by atoms with Crippen molar-refractivity contribution in [3.05, 3.63) is 39.9 Å². The first kappa shape index (κ1) is 17.0. The summed E-state index contributed by atoms with van der Waals surface area (Å²) in [5, 5.41) is 9.49. The topological polar surface area (TPSA) is 68.9 Å². The predicted molar refractivity (Wildman–Crippen MR) is 102 cm³/mol. The van der Waals surface area contributed by atoms with Crippen LogP contribution in [0, 0.1) is 25.2 Å². The van der Waals surface area contributed by atoms with E-state index < -0.39 is 0 Å². The van der Waals surface area contributed by atoms with Crippen molar-refractivity contribution in [3.63, 3.8) is 0 Å². The maximum Gasteiger partial charge on any atom is 0.147 e. The molecule has 0 atom stereocenters. The lowest BCUT2D eigenvalue weighted by atomic mass is 10.2. The molecule has 1 aliphatic carbocycles. The van der Waals surface area contributed by atoms with Crippen molar-refractivity contribution in [2.45, 2.75) is 32.6 Å². The second kappa shape index (κ2) is 6.73. The van der Waals surface area contributed by atoms with Gasteiger partial charge in [0.25, 0.3) is 0 Å². The second-order valence-electron chi connectivity index (χ2n) is 7.01. The van der Waals surface area contributed by atoms with Gasteiger partial charge in [-0.1, -0.05) is 11.6 Å². The van der Waals surface area contributed by atoms with Crippen LogP contribution in [0.3, 0.4) is 0 Å². The molecule has 1 saturated carbocycles. The number of aryl methyl sites for hydroxylation is 1. The Kier molecular flexibility index (Phi) is 4.41. The van der Waals surface area contributed by atoms with Crippen LogP contribution in [0.2, 0.25) is 5.02 Å². The van der Waals surface area contributed by atoms with Crippen molar-refractivity contribution >= 4 is 23.2 Å². The van der Waals surface area contributed by atoms with E-state index in [1.54, 1.807) is 12.3 Å². The molecule has 0 bridgehead atoms. The van der Waals surface area contributed by atoms with E-state index in [1.807, 2.05) is 0 Å². The van der Waals surface area contributed by atoms with Gasteiger partial charge in [-0.25, -0.2) is 15.0 Å². The van der Waals surface area contributed by atoms with Gasteiger partial charge < -0.3 is 9.80 Å². The first-order valence-corrected chi connectivity index (χ1v) is 9.35. The number of rotatable bonds is 3. The molecule has 7 heteroatoms. The quantitative estimate of drug-likeness (QED) is 0.828. The highest BCUT2D eigenvalue weighted by Crippen LogP contribution is 2.39. The largest absolute Gasteiger partial charge is 0.353 e. The molecule has 0 spiro atoms. The van der Waals surface area contributed by atoms with Gasteiger partial charge in [-0.05, 0) is 32.8 Å². The number of piperazine rings is 1. The predicted octanol–water partition coefficient (Wildman–Crippen LogP) is 3.22. The minimum absolute atomic E-state index is 0.483. The number of hydrogen-bond acceptors (Lipinski definition) is 6. The summed E-state index contributed by atoms with van der Waals surface area (Å²) in [6.07, 6.45) is 3.99. The molecule has 26 heavy (non-hydrogen) atoms. The molecule has 0 unspecified atom stereocenters. The molecule has 3 heterocycles. The van der Waals surface area contributed by atoms with Crippen LogP contribution < -0.4 is 9.80 Å². The van der Waals surface area contributed by atoms with Crippen LogP contribution in [0.15, 0.2) is 12.3 Å². The summed E-state index contributed by atoms with van der Waals surface area (Å²) in [5.74, 6) is 3.37. The van der Waals surface area contributed by atoms with Gasteiger partial charge in [-0.15, -0.1) is 0 Å². The summed E-state index contributed by atoms with van der Waals surface area (Å²) >= 11 is 6.31. The molecule has 2 aromatic heterocycles. The standard InChI is InChI=1S/C19H21ClN6/c1-12-13(2)23-17(15-3-4-15)24-18(12)25-5-7-26(8-6-25)19-16(20)9-14(10-21)11-22-19/h9,11,15H,3-8H2,1-2H3. The van der Waals surface area contributed by atoms with Gasteiger partial charge in [0.15, 0.2) is 0 Å². The zero-order valence-electron chi connectivity index (χ0n) is 15.0. The average Bonchev–Trinajstić information content (AvgIpc) is 3.49. The Labute approximate surface area is 158 Å². The first-order valence-electron chi connectivity index (χ1n) is 8.97. The molecule has 0 radical (unpaired) electrons. The van der Waals surface area contributed by atoms with E-state index in [4.69, 9.17) is 21.8 Å². The molecule has 0 amide bonds. The molecule has 2 fully saturated rings. The number of pyridine rings is 1.